The van der Waals surface area contributed by atoms with Crippen molar-refractivity contribution in [3.8, 4) is 0 Å². The molecule has 2 nitrogen and oxygen atoms in total. The zero-order valence-corrected chi connectivity index (χ0v) is 21.8. The first-order valence-electron chi connectivity index (χ1n) is 11.0. The average molecular weight is 510 g/mol. The molecule has 156 valence electrons. The van der Waals surface area contributed by atoms with E-state index in [2.05, 4.69) is 61.8 Å². The summed E-state index contributed by atoms with van der Waals surface area (Å²) in [4.78, 5) is 0. The second kappa shape index (κ2) is 15.1. The average Bonchev–Trinajstić information content (AvgIpc) is 3.22. The van der Waals surface area contributed by atoms with E-state index in [4.69, 9.17) is 11.6 Å². The molecule has 0 amide bonds. The second-order valence-electron chi connectivity index (χ2n) is 7.67. The third-order valence-corrected chi connectivity index (χ3v) is 21.3. The Kier molecular flexibility index (Phi) is 13.7. The Bertz CT molecular complexity index is 601. The topological polar surface area (TPSA) is 28.7 Å². The Morgan fingerprint density at radius 2 is 1.46 bits per heavy atom. The molecule has 0 aliphatic rings. The van der Waals surface area contributed by atoms with Crippen LogP contribution in [0.25, 0.3) is 0 Å². The van der Waals surface area contributed by atoms with Crippen LogP contribution in [0.3, 0.4) is 0 Å². The second-order valence-corrected chi connectivity index (χ2v) is 21.3. The molecule has 0 spiro atoms. The fourth-order valence-corrected chi connectivity index (χ4v) is 19.8. The van der Waals surface area contributed by atoms with Crippen LogP contribution in [0.1, 0.15) is 65.0 Å². The molecule has 1 N–H and O–H groups in total. The molecule has 1 aromatic heterocycles. The van der Waals surface area contributed by atoms with Crippen molar-refractivity contribution in [1.82, 2.24) is 10.2 Å². The molecule has 0 bridgehead atoms. The Hall–Kier alpha value is -0.741. The number of rotatable bonds is 12. The third-order valence-electron chi connectivity index (χ3n) is 5.41. The van der Waals surface area contributed by atoms with Gasteiger partial charge in [0.2, 0.25) is 0 Å². The number of hydrogen-bond acceptors (Lipinski definition) is 1. The number of nitrogens with zero attached hydrogens (tertiary/aromatic N) is 1. The van der Waals surface area contributed by atoms with Gasteiger partial charge in [-0.3, -0.25) is 5.10 Å². The number of unbranched alkanes of at least 4 members (excludes halogenated alkanes) is 3. The molecule has 0 saturated heterocycles. The van der Waals surface area contributed by atoms with Crippen molar-refractivity contribution in [3.05, 3.63) is 59.9 Å². The molecule has 1 heterocycles. The summed E-state index contributed by atoms with van der Waals surface area (Å²) < 4.78 is 6.32. The summed E-state index contributed by atoms with van der Waals surface area (Å²) in [6.07, 6.45) is 12.7. The van der Waals surface area contributed by atoms with Gasteiger partial charge in [-0.15, -0.1) is 6.58 Å². The van der Waals surface area contributed by atoms with Gasteiger partial charge in [-0.1, -0.05) is 6.08 Å². The van der Waals surface area contributed by atoms with E-state index in [-0.39, 0.29) is 0 Å². The summed E-state index contributed by atoms with van der Waals surface area (Å²) in [6.45, 7) is 10.6. The van der Waals surface area contributed by atoms with Gasteiger partial charge in [-0.05, 0) is 6.07 Å². The summed E-state index contributed by atoms with van der Waals surface area (Å²) >= 11 is 3.91. The number of aromatic amines is 1. The van der Waals surface area contributed by atoms with Gasteiger partial charge in [0.15, 0.2) is 0 Å². The van der Waals surface area contributed by atoms with E-state index in [1.54, 1.807) is 9.78 Å². The van der Waals surface area contributed by atoms with Crippen LogP contribution in [-0.2, 0) is 6.42 Å². The van der Waals surface area contributed by atoms with Crippen LogP contribution in [0, 0.1) is 0 Å². The SMILES string of the molecule is C=CCc1ccn[nH]1.CCC[CH2][Sn]([CH2]CCC)([CH2]CCC)[c]1ccc(Cl)cc1. The van der Waals surface area contributed by atoms with E-state index in [0.29, 0.717) is 0 Å². The number of benzene rings is 1. The molecule has 0 saturated carbocycles. The summed E-state index contributed by atoms with van der Waals surface area (Å²) in [5, 5.41) is 7.47. The first-order valence-corrected chi connectivity index (χ1v) is 18.8. The summed E-state index contributed by atoms with van der Waals surface area (Å²) in [5.74, 6) is 0. The summed E-state index contributed by atoms with van der Waals surface area (Å²) in [5.41, 5.74) is 1.11. The third kappa shape index (κ3) is 9.17. The quantitative estimate of drug-likeness (QED) is 0.232. The van der Waals surface area contributed by atoms with Gasteiger partial charge in [0.25, 0.3) is 0 Å². The Labute approximate surface area is 182 Å². The van der Waals surface area contributed by atoms with Crippen LogP contribution in [0.4, 0.5) is 0 Å². The Morgan fingerprint density at radius 3 is 1.86 bits per heavy atom. The van der Waals surface area contributed by atoms with Gasteiger partial charge >= 0.3 is 135 Å². The Morgan fingerprint density at radius 1 is 0.929 bits per heavy atom. The van der Waals surface area contributed by atoms with Gasteiger partial charge in [0.1, 0.15) is 0 Å². The van der Waals surface area contributed by atoms with E-state index < -0.39 is 18.4 Å². The van der Waals surface area contributed by atoms with Crippen LogP contribution in [0.15, 0.2) is 49.2 Å². The van der Waals surface area contributed by atoms with Crippen molar-refractivity contribution in [1.29, 1.82) is 0 Å². The fourth-order valence-electron chi connectivity index (χ4n) is 3.71. The number of aromatic nitrogens is 2. The molecule has 28 heavy (non-hydrogen) atoms. The standard InChI is InChI=1S/C6H4Cl.C6H8N2.3C4H9.Sn/c7-6-4-2-1-3-5-6;1-2-3-6-4-5-7-8-6;3*1-3-4-2;/h2-5H;2,4-5H,1,3H2,(H,7,8);3*1,3-4H2,2H3;. The number of halogens is 1. The van der Waals surface area contributed by atoms with E-state index in [1.165, 1.54) is 51.8 Å². The van der Waals surface area contributed by atoms with Crippen molar-refractivity contribution >= 4 is 33.6 Å². The van der Waals surface area contributed by atoms with Gasteiger partial charge < -0.3 is 0 Å². The van der Waals surface area contributed by atoms with Crippen molar-refractivity contribution in [2.24, 2.45) is 0 Å². The van der Waals surface area contributed by atoms with Crippen molar-refractivity contribution in [2.75, 3.05) is 0 Å². The van der Waals surface area contributed by atoms with Crippen LogP contribution < -0.4 is 3.58 Å². The van der Waals surface area contributed by atoms with Crippen molar-refractivity contribution in [3.63, 3.8) is 0 Å². The fraction of sp³-hybridized carbons (Fsp3) is 0.542. The summed E-state index contributed by atoms with van der Waals surface area (Å²) in [6, 6.07) is 10.9. The minimum absolute atomic E-state index is 0.875. The molecule has 2 rings (SSSR count). The first kappa shape index (κ1) is 25.3. The molecule has 0 aliphatic carbocycles. The molecule has 2 aromatic rings. The predicted octanol–water partition coefficient (Wildman–Crippen LogP) is 7.53. The maximum absolute atomic E-state index is 6.10. The monoisotopic (exact) mass is 510 g/mol. The molecule has 0 aliphatic heterocycles. The molecule has 1 aromatic carbocycles. The van der Waals surface area contributed by atoms with Gasteiger partial charge in [0, 0.05) is 18.3 Å². The van der Waals surface area contributed by atoms with Crippen LogP contribution in [0.2, 0.25) is 18.3 Å². The maximum atomic E-state index is 6.10. The first-order chi connectivity index (χ1) is 13.6. The normalized spacial score (nSPS) is 11.0. The minimum atomic E-state index is -2.19. The molecule has 0 atom stereocenters. The molecule has 0 radical (unpaired) electrons. The zero-order valence-electron chi connectivity index (χ0n) is 18.1. The Balaban J connectivity index is 0.000000406. The summed E-state index contributed by atoms with van der Waals surface area (Å²) in [7, 11) is 0. The van der Waals surface area contributed by atoms with E-state index in [0.717, 1.165) is 17.1 Å². The van der Waals surface area contributed by atoms with E-state index in [9.17, 15) is 0 Å². The molecular formula is C24H39ClN2Sn. The number of H-pyrrole nitrogens is 1. The van der Waals surface area contributed by atoms with Crippen molar-refractivity contribution < 1.29 is 0 Å². The van der Waals surface area contributed by atoms with E-state index >= 15 is 0 Å². The number of nitrogens with one attached hydrogen (secondary N) is 1. The molecule has 4 heteroatoms. The van der Waals surface area contributed by atoms with Crippen LogP contribution in [0.5, 0.6) is 0 Å². The number of hydrogen-bond donors (Lipinski definition) is 1. The molecular weight excluding hydrogens is 470 g/mol. The molecule has 0 fully saturated rings. The van der Waals surface area contributed by atoms with Crippen molar-refractivity contribution in [2.45, 2.75) is 79.0 Å². The van der Waals surface area contributed by atoms with Gasteiger partial charge in [0.05, 0.1) is 0 Å². The van der Waals surface area contributed by atoms with Crippen LogP contribution in [-0.4, -0.2) is 28.6 Å². The van der Waals surface area contributed by atoms with Crippen LogP contribution >= 0.6 is 11.6 Å². The zero-order chi connectivity index (χ0) is 20.7. The van der Waals surface area contributed by atoms with E-state index in [1.807, 2.05) is 12.1 Å². The van der Waals surface area contributed by atoms with Gasteiger partial charge in [-0.25, -0.2) is 0 Å². The van der Waals surface area contributed by atoms with Gasteiger partial charge in [-0.2, -0.15) is 5.10 Å². The number of allylic oxidation sites excluding steroid dienone is 1. The predicted molar refractivity (Wildman–Crippen MR) is 128 cm³/mol. The molecule has 0 unspecified atom stereocenters.